The van der Waals surface area contributed by atoms with E-state index in [1.807, 2.05) is 6.92 Å². The van der Waals surface area contributed by atoms with E-state index < -0.39 is 12.0 Å². The van der Waals surface area contributed by atoms with Gasteiger partial charge in [-0.1, -0.05) is 6.07 Å². The van der Waals surface area contributed by atoms with Gasteiger partial charge in [-0.15, -0.1) is 0 Å². The first-order valence-corrected chi connectivity index (χ1v) is 5.65. The first kappa shape index (κ1) is 13.1. The summed E-state index contributed by atoms with van der Waals surface area (Å²) in [6.07, 6.45) is 0. The van der Waals surface area contributed by atoms with E-state index in [0.29, 0.717) is 4.47 Å². The maximum atomic E-state index is 13.0. The fourth-order valence-corrected chi connectivity index (χ4v) is 1.72. The number of nitrogens with one attached hydrogen (secondary N) is 1. The van der Waals surface area contributed by atoms with Crippen molar-refractivity contribution in [2.75, 3.05) is 0 Å². The molecule has 1 aromatic rings. The van der Waals surface area contributed by atoms with E-state index in [1.165, 1.54) is 6.07 Å². The zero-order chi connectivity index (χ0) is 12.3. The van der Waals surface area contributed by atoms with E-state index in [1.54, 1.807) is 19.1 Å². The minimum Gasteiger partial charge on any atom is -0.480 e. The van der Waals surface area contributed by atoms with Gasteiger partial charge in [0.15, 0.2) is 0 Å². The summed E-state index contributed by atoms with van der Waals surface area (Å²) in [4.78, 5) is 10.7. The van der Waals surface area contributed by atoms with E-state index >= 15 is 0 Å². The van der Waals surface area contributed by atoms with Gasteiger partial charge in [0.1, 0.15) is 11.9 Å². The van der Waals surface area contributed by atoms with E-state index in [-0.39, 0.29) is 11.9 Å². The van der Waals surface area contributed by atoms with E-state index in [4.69, 9.17) is 5.11 Å². The van der Waals surface area contributed by atoms with Crippen LogP contribution < -0.4 is 5.32 Å². The molecule has 0 aliphatic rings. The number of hydrogen-bond donors (Lipinski definition) is 2. The molecule has 0 fully saturated rings. The number of rotatable bonds is 4. The van der Waals surface area contributed by atoms with Gasteiger partial charge in [-0.05, 0) is 47.5 Å². The average Bonchev–Trinajstić information content (AvgIpc) is 2.21. The summed E-state index contributed by atoms with van der Waals surface area (Å²) in [5, 5.41) is 11.6. The van der Waals surface area contributed by atoms with Gasteiger partial charge in [0.25, 0.3) is 0 Å². The van der Waals surface area contributed by atoms with Gasteiger partial charge in [-0.3, -0.25) is 10.1 Å². The Bertz CT molecular complexity index is 398. The smallest absolute Gasteiger partial charge is 0.320 e. The Balaban J connectivity index is 2.76. The van der Waals surface area contributed by atoms with Gasteiger partial charge in [0.05, 0.1) is 4.47 Å². The molecule has 2 N–H and O–H groups in total. The van der Waals surface area contributed by atoms with Crippen LogP contribution in [0.1, 0.15) is 25.5 Å². The minimum atomic E-state index is -0.909. The monoisotopic (exact) mass is 289 g/mol. The summed E-state index contributed by atoms with van der Waals surface area (Å²) in [5.41, 5.74) is 0.835. The van der Waals surface area contributed by atoms with Crippen LogP contribution in [0.3, 0.4) is 0 Å². The predicted octanol–water partition coefficient (Wildman–Crippen LogP) is 2.71. The van der Waals surface area contributed by atoms with Crippen molar-refractivity contribution in [2.24, 2.45) is 0 Å². The number of halogens is 2. The highest BCUT2D eigenvalue weighted by molar-refractivity contribution is 9.10. The van der Waals surface area contributed by atoms with E-state index in [9.17, 15) is 9.18 Å². The molecule has 0 spiro atoms. The molecule has 2 unspecified atom stereocenters. The Kier molecular flexibility index (Phi) is 4.44. The second kappa shape index (κ2) is 5.41. The van der Waals surface area contributed by atoms with Crippen LogP contribution in [-0.4, -0.2) is 17.1 Å². The number of hydrogen-bond acceptors (Lipinski definition) is 2. The van der Waals surface area contributed by atoms with Gasteiger partial charge < -0.3 is 5.11 Å². The van der Waals surface area contributed by atoms with Gasteiger partial charge in [0.2, 0.25) is 0 Å². The number of benzene rings is 1. The van der Waals surface area contributed by atoms with Crippen LogP contribution in [-0.2, 0) is 4.79 Å². The van der Waals surface area contributed by atoms with Crippen LogP contribution in [0, 0.1) is 5.82 Å². The molecular formula is C11H13BrFNO2. The Morgan fingerprint density at radius 3 is 2.62 bits per heavy atom. The molecule has 3 nitrogen and oxygen atoms in total. The molecule has 0 aliphatic carbocycles. The fourth-order valence-electron chi connectivity index (χ4n) is 1.32. The lowest BCUT2D eigenvalue weighted by Gasteiger charge is -2.17. The maximum Gasteiger partial charge on any atom is 0.320 e. The third-order valence-electron chi connectivity index (χ3n) is 2.31. The Hall–Kier alpha value is -0.940. The lowest BCUT2D eigenvalue weighted by atomic mass is 10.1. The number of carbonyl (C=O) groups is 1. The van der Waals surface area contributed by atoms with Crippen molar-refractivity contribution in [2.45, 2.75) is 25.9 Å². The molecule has 0 heterocycles. The van der Waals surface area contributed by atoms with Crippen molar-refractivity contribution in [3.05, 3.63) is 34.1 Å². The van der Waals surface area contributed by atoms with Crippen LogP contribution in [0.2, 0.25) is 0 Å². The van der Waals surface area contributed by atoms with Crippen molar-refractivity contribution < 1.29 is 14.3 Å². The van der Waals surface area contributed by atoms with Crippen LogP contribution in [0.25, 0.3) is 0 Å². The Morgan fingerprint density at radius 1 is 1.50 bits per heavy atom. The zero-order valence-electron chi connectivity index (χ0n) is 9.00. The van der Waals surface area contributed by atoms with E-state index in [0.717, 1.165) is 5.56 Å². The van der Waals surface area contributed by atoms with Crippen molar-refractivity contribution >= 4 is 21.9 Å². The van der Waals surface area contributed by atoms with E-state index in [2.05, 4.69) is 21.2 Å². The zero-order valence-corrected chi connectivity index (χ0v) is 10.6. The quantitative estimate of drug-likeness (QED) is 0.896. The molecule has 0 aliphatic heterocycles. The van der Waals surface area contributed by atoms with Crippen molar-refractivity contribution in [1.29, 1.82) is 0 Å². The van der Waals surface area contributed by atoms with Crippen LogP contribution in [0.4, 0.5) is 4.39 Å². The van der Waals surface area contributed by atoms with Crippen molar-refractivity contribution in [3.8, 4) is 0 Å². The van der Waals surface area contributed by atoms with Crippen LogP contribution in [0.15, 0.2) is 22.7 Å². The fraction of sp³-hybridized carbons (Fsp3) is 0.364. The lowest BCUT2D eigenvalue weighted by molar-refractivity contribution is -0.139. The summed E-state index contributed by atoms with van der Waals surface area (Å²) in [6, 6.07) is 3.83. The molecule has 1 aromatic carbocycles. The topological polar surface area (TPSA) is 49.3 Å². The van der Waals surface area contributed by atoms with Gasteiger partial charge in [-0.25, -0.2) is 4.39 Å². The molecular weight excluding hydrogens is 277 g/mol. The first-order valence-electron chi connectivity index (χ1n) is 4.85. The maximum absolute atomic E-state index is 13.0. The highest BCUT2D eigenvalue weighted by Crippen LogP contribution is 2.21. The Morgan fingerprint density at radius 2 is 2.12 bits per heavy atom. The van der Waals surface area contributed by atoms with Crippen molar-refractivity contribution in [3.63, 3.8) is 0 Å². The molecule has 88 valence electrons. The molecule has 2 atom stereocenters. The van der Waals surface area contributed by atoms with Gasteiger partial charge in [-0.2, -0.15) is 0 Å². The lowest BCUT2D eigenvalue weighted by Crippen LogP contribution is -2.35. The van der Waals surface area contributed by atoms with Crippen molar-refractivity contribution in [1.82, 2.24) is 5.32 Å². The van der Waals surface area contributed by atoms with Gasteiger partial charge in [0, 0.05) is 6.04 Å². The van der Waals surface area contributed by atoms with Crippen LogP contribution in [0.5, 0.6) is 0 Å². The Labute approximate surface area is 102 Å². The molecule has 0 amide bonds. The summed E-state index contributed by atoms with van der Waals surface area (Å²) in [5.74, 6) is -1.24. The molecule has 0 aromatic heterocycles. The first-order chi connectivity index (χ1) is 7.41. The second-order valence-corrected chi connectivity index (χ2v) is 4.48. The summed E-state index contributed by atoms with van der Waals surface area (Å²) in [6.45, 7) is 3.40. The summed E-state index contributed by atoms with van der Waals surface area (Å²) >= 11 is 3.09. The number of aliphatic carboxylic acids is 1. The molecule has 0 saturated heterocycles. The highest BCUT2D eigenvalue weighted by Gasteiger charge is 2.15. The average molecular weight is 290 g/mol. The standard InChI is InChI=1S/C11H13BrFNO2/c1-6(14-7(2)11(15)16)8-3-4-10(13)9(12)5-8/h3-7,14H,1-2H3,(H,15,16). The largest absolute Gasteiger partial charge is 0.480 e. The number of carboxylic acid groups (broad SMARTS) is 1. The second-order valence-electron chi connectivity index (χ2n) is 3.62. The van der Waals surface area contributed by atoms with Crippen LogP contribution >= 0.6 is 15.9 Å². The summed E-state index contributed by atoms with van der Waals surface area (Å²) < 4.78 is 13.4. The molecule has 1 rings (SSSR count). The van der Waals surface area contributed by atoms with Gasteiger partial charge >= 0.3 is 5.97 Å². The summed E-state index contributed by atoms with van der Waals surface area (Å²) in [7, 11) is 0. The third kappa shape index (κ3) is 3.28. The predicted molar refractivity (Wildman–Crippen MR) is 62.7 cm³/mol. The molecule has 0 saturated carbocycles. The molecule has 5 heteroatoms. The normalized spacial score (nSPS) is 14.5. The number of carboxylic acids is 1. The highest BCUT2D eigenvalue weighted by atomic mass is 79.9. The molecule has 0 radical (unpaired) electrons. The molecule has 16 heavy (non-hydrogen) atoms. The molecule has 0 bridgehead atoms. The SMILES string of the molecule is CC(NC(C)c1ccc(F)c(Br)c1)C(=O)O. The minimum absolute atomic E-state index is 0.150. The third-order valence-corrected chi connectivity index (χ3v) is 2.92.